The molecule has 1 aromatic heterocycles. The van der Waals surface area contributed by atoms with Gasteiger partial charge >= 0.3 is 0 Å². The van der Waals surface area contributed by atoms with Crippen molar-refractivity contribution in [2.24, 2.45) is 0 Å². The zero-order valence-electron chi connectivity index (χ0n) is 11.1. The van der Waals surface area contributed by atoms with Gasteiger partial charge in [0.2, 0.25) is 0 Å². The number of non-ortho nitro benzene ring substituents is 1. The van der Waals surface area contributed by atoms with E-state index in [0.717, 1.165) is 24.9 Å². The quantitative estimate of drug-likeness (QED) is 0.617. The highest BCUT2D eigenvalue weighted by molar-refractivity contribution is 5.71. The maximum atomic E-state index is 10.7. The van der Waals surface area contributed by atoms with Gasteiger partial charge in [-0.2, -0.15) is 10.4 Å². The van der Waals surface area contributed by atoms with Gasteiger partial charge in [-0.15, -0.1) is 0 Å². The molecule has 0 aliphatic carbocycles. The van der Waals surface area contributed by atoms with E-state index in [4.69, 9.17) is 5.26 Å². The summed E-state index contributed by atoms with van der Waals surface area (Å²) in [5.74, 6) is 0. The van der Waals surface area contributed by atoms with Crippen LogP contribution in [-0.2, 0) is 6.54 Å². The lowest BCUT2D eigenvalue weighted by Gasteiger charge is -2.01. The van der Waals surface area contributed by atoms with Crippen LogP contribution in [0.4, 0.5) is 5.69 Å². The number of rotatable bonds is 5. The average molecular weight is 270 g/mol. The Balaban J connectivity index is 2.35. The van der Waals surface area contributed by atoms with E-state index < -0.39 is 4.92 Å². The summed E-state index contributed by atoms with van der Waals surface area (Å²) >= 11 is 0. The molecule has 0 saturated heterocycles. The van der Waals surface area contributed by atoms with Crippen molar-refractivity contribution in [3.8, 4) is 17.2 Å². The summed E-state index contributed by atoms with van der Waals surface area (Å²) in [4.78, 5) is 10.2. The van der Waals surface area contributed by atoms with Crippen LogP contribution >= 0.6 is 0 Å². The second-order valence-electron chi connectivity index (χ2n) is 4.44. The highest BCUT2D eigenvalue weighted by atomic mass is 16.6. The van der Waals surface area contributed by atoms with Crippen LogP contribution in [0.25, 0.3) is 11.1 Å². The average Bonchev–Trinajstić information content (AvgIpc) is 2.92. The molecule has 20 heavy (non-hydrogen) atoms. The number of aromatic nitrogens is 2. The van der Waals surface area contributed by atoms with Gasteiger partial charge in [0.15, 0.2) is 0 Å². The van der Waals surface area contributed by atoms with Gasteiger partial charge in [0.05, 0.1) is 16.7 Å². The van der Waals surface area contributed by atoms with Gasteiger partial charge in [-0.1, -0.05) is 13.3 Å². The maximum absolute atomic E-state index is 10.7. The number of benzene rings is 1. The lowest BCUT2D eigenvalue weighted by atomic mass is 10.0. The van der Waals surface area contributed by atoms with Crippen LogP contribution in [0.2, 0.25) is 0 Å². The number of nitro groups is 1. The third-order valence-electron chi connectivity index (χ3n) is 3.02. The largest absolute Gasteiger partial charge is 0.272 e. The molecule has 2 rings (SSSR count). The van der Waals surface area contributed by atoms with Gasteiger partial charge in [-0.05, 0) is 12.5 Å². The van der Waals surface area contributed by atoms with Crippen molar-refractivity contribution in [3.05, 3.63) is 46.3 Å². The fraction of sp³-hybridized carbons (Fsp3) is 0.286. The van der Waals surface area contributed by atoms with Crippen molar-refractivity contribution in [1.29, 1.82) is 5.26 Å². The van der Waals surface area contributed by atoms with Gasteiger partial charge in [0, 0.05) is 36.0 Å². The Labute approximate surface area is 116 Å². The van der Waals surface area contributed by atoms with E-state index in [1.54, 1.807) is 12.3 Å². The molecule has 1 aromatic carbocycles. The molecule has 0 radical (unpaired) electrons. The molecule has 0 spiro atoms. The highest BCUT2D eigenvalue weighted by Crippen LogP contribution is 2.26. The number of hydrogen-bond donors (Lipinski definition) is 0. The van der Waals surface area contributed by atoms with Gasteiger partial charge in [0.25, 0.3) is 5.69 Å². The van der Waals surface area contributed by atoms with Crippen LogP contribution in [-0.4, -0.2) is 14.7 Å². The number of aryl methyl sites for hydroxylation is 1. The fourth-order valence-corrected chi connectivity index (χ4v) is 1.94. The number of nitro benzene ring substituents is 1. The minimum atomic E-state index is -0.505. The summed E-state index contributed by atoms with van der Waals surface area (Å²) in [6, 6.07) is 6.29. The van der Waals surface area contributed by atoms with Crippen molar-refractivity contribution < 1.29 is 4.92 Å². The Morgan fingerprint density at radius 1 is 1.50 bits per heavy atom. The van der Waals surface area contributed by atoms with E-state index in [1.807, 2.05) is 16.9 Å². The van der Waals surface area contributed by atoms with Crippen molar-refractivity contribution in [2.45, 2.75) is 26.3 Å². The topological polar surface area (TPSA) is 84.7 Å². The molecule has 6 nitrogen and oxygen atoms in total. The highest BCUT2D eigenvalue weighted by Gasteiger charge is 2.13. The van der Waals surface area contributed by atoms with Crippen LogP contribution in [0.5, 0.6) is 0 Å². The van der Waals surface area contributed by atoms with Crippen LogP contribution in [0, 0.1) is 21.4 Å². The first-order valence-corrected chi connectivity index (χ1v) is 6.37. The molecule has 0 amide bonds. The molecule has 6 heteroatoms. The predicted octanol–water partition coefficient (Wildman–Crippen LogP) is 3.13. The SMILES string of the molecule is CCCCn1cc(-c2ccc([N+](=O)[O-])cc2C#N)cn1. The number of hydrogen-bond acceptors (Lipinski definition) is 4. The van der Waals surface area contributed by atoms with E-state index in [2.05, 4.69) is 12.0 Å². The lowest BCUT2D eigenvalue weighted by Crippen LogP contribution is -1.96. The van der Waals surface area contributed by atoms with Crippen molar-refractivity contribution in [3.63, 3.8) is 0 Å². The predicted molar refractivity (Wildman–Crippen MR) is 73.9 cm³/mol. The standard InChI is InChI=1S/C14H14N4O2/c1-2-3-6-17-10-12(9-16-17)14-5-4-13(18(19)20)7-11(14)8-15/h4-5,7,9-10H,2-3,6H2,1H3. The van der Waals surface area contributed by atoms with Crippen LogP contribution in [0.15, 0.2) is 30.6 Å². The summed E-state index contributed by atoms with van der Waals surface area (Å²) in [5, 5.41) is 24.1. The van der Waals surface area contributed by atoms with E-state index in [1.165, 1.54) is 12.1 Å². The number of nitriles is 1. The monoisotopic (exact) mass is 270 g/mol. The molecule has 102 valence electrons. The van der Waals surface area contributed by atoms with Gasteiger partial charge < -0.3 is 0 Å². The maximum Gasteiger partial charge on any atom is 0.270 e. The second kappa shape index (κ2) is 5.97. The minimum absolute atomic E-state index is 0.0799. The zero-order chi connectivity index (χ0) is 14.5. The summed E-state index contributed by atoms with van der Waals surface area (Å²) in [6.45, 7) is 2.93. The fourth-order valence-electron chi connectivity index (χ4n) is 1.94. The summed E-state index contributed by atoms with van der Waals surface area (Å²) in [6.07, 6.45) is 5.65. The Kier molecular flexibility index (Phi) is 4.11. The first-order chi connectivity index (χ1) is 9.65. The van der Waals surface area contributed by atoms with Crippen molar-refractivity contribution >= 4 is 5.69 Å². The molecule has 0 bridgehead atoms. The molecule has 0 aliphatic heterocycles. The minimum Gasteiger partial charge on any atom is -0.272 e. The summed E-state index contributed by atoms with van der Waals surface area (Å²) in [7, 11) is 0. The Bertz CT molecular complexity index is 670. The van der Waals surface area contributed by atoms with Crippen LogP contribution < -0.4 is 0 Å². The van der Waals surface area contributed by atoms with Gasteiger partial charge in [-0.25, -0.2) is 0 Å². The number of nitrogens with zero attached hydrogens (tertiary/aromatic N) is 4. The zero-order valence-corrected chi connectivity index (χ0v) is 11.1. The molecule has 1 heterocycles. The van der Waals surface area contributed by atoms with Crippen LogP contribution in [0.3, 0.4) is 0 Å². The normalized spacial score (nSPS) is 10.2. The van der Waals surface area contributed by atoms with Gasteiger partial charge in [0.1, 0.15) is 6.07 Å². The third kappa shape index (κ3) is 2.83. The van der Waals surface area contributed by atoms with E-state index in [0.29, 0.717) is 5.56 Å². The van der Waals surface area contributed by atoms with Crippen molar-refractivity contribution in [2.75, 3.05) is 0 Å². The molecule has 0 atom stereocenters. The smallest absolute Gasteiger partial charge is 0.270 e. The Hall–Kier alpha value is -2.68. The molecule has 0 aliphatic rings. The van der Waals surface area contributed by atoms with E-state index >= 15 is 0 Å². The molecule has 0 N–H and O–H groups in total. The molecular weight excluding hydrogens is 256 g/mol. The van der Waals surface area contributed by atoms with Crippen molar-refractivity contribution in [1.82, 2.24) is 9.78 Å². The second-order valence-corrected chi connectivity index (χ2v) is 4.44. The summed E-state index contributed by atoms with van der Waals surface area (Å²) in [5.41, 5.74) is 1.67. The molecule has 2 aromatic rings. The van der Waals surface area contributed by atoms with E-state index in [-0.39, 0.29) is 11.3 Å². The first-order valence-electron chi connectivity index (χ1n) is 6.37. The third-order valence-corrected chi connectivity index (χ3v) is 3.02. The van der Waals surface area contributed by atoms with Crippen LogP contribution in [0.1, 0.15) is 25.3 Å². The summed E-state index contributed by atoms with van der Waals surface area (Å²) < 4.78 is 1.82. The molecular formula is C14H14N4O2. The number of unbranched alkanes of at least 4 members (excludes halogenated alkanes) is 1. The molecule has 0 fully saturated rings. The molecule has 0 unspecified atom stereocenters. The first kappa shape index (κ1) is 13.7. The molecule has 0 saturated carbocycles. The Morgan fingerprint density at radius 2 is 2.30 bits per heavy atom. The Morgan fingerprint density at radius 3 is 2.95 bits per heavy atom. The van der Waals surface area contributed by atoms with E-state index in [9.17, 15) is 10.1 Å². The lowest BCUT2D eigenvalue weighted by molar-refractivity contribution is -0.384. The van der Waals surface area contributed by atoms with Gasteiger partial charge in [-0.3, -0.25) is 14.8 Å².